The minimum Gasteiger partial charge on any atom is -0.466 e. The Morgan fingerprint density at radius 3 is 2.37 bits per heavy atom. The Morgan fingerprint density at radius 2 is 1.79 bits per heavy atom. The topological polar surface area (TPSA) is 67.2 Å². The Balaban J connectivity index is 2.31. The second-order valence-electron chi connectivity index (χ2n) is 4.12. The van der Waals surface area contributed by atoms with Gasteiger partial charge in [-0.1, -0.05) is 12.1 Å². The number of carbonyl (C=O) groups is 2. The Kier molecular flexibility index (Phi) is 6.31. The number of carbonyl (C=O) groups excluding carboxylic acids is 2. The summed E-state index contributed by atoms with van der Waals surface area (Å²) in [5, 5.41) is 8.66. The molecule has 0 radical (unpaired) electrons. The molecular formula is C15H17NO3. The molecule has 1 rings (SSSR count). The van der Waals surface area contributed by atoms with Gasteiger partial charge in [-0.25, -0.2) is 0 Å². The Labute approximate surface area is 113 Å². The summed E-state index contributed by atoms with van der Waals surface area (Å²) in [6, 6.07) is 8.59. The summed E-state index contributed by atoms with van der Waals surface area (Å²) < 4.78 is 4.80. The summed E-state index contributed by atoms with van der Waals surface area (Å²) in [6.45, 7) is 2.16. The largest absolute Gasteiger partial charge is 0.466 e. The number of hydrogen-bond acceptors (Lipinski definition) is 4. The van der Waals surface area contributed by atoms with Crippen LogP contribution in [0.4, 0.5) is 0 Å². The molecule has 0 atom stereocenters. The van der Waals surface area contributed by atoms with Crippen molar-refractivity contribution in [2.24, 2.45) is 0 Å². The van der Waals surface area contributed by atoms with E-state index in [1.165, 1.54) is 0 Å². The molecule has 19 heavy (non-hydrogen) atoms. The van der Waals surface area contributed by atoms with E-state index in [0.29, 0.717) is 43.4 Å². The number of ketones is 1. The van der Waals surface area contributed by atoms with Crippen LogP contribution in [0.15, 0.2) is 24.3 Å². The minimum atomic E-state index is -0.215. The highest BCUT2D eigenvalue weighted by molar-refractivity contribution is 5.96. The van der Waals surface area contributed by atoms with Crippen molar-refractivity contribution >= 4 is 11.8 Å². The zero-order chi connectivity index (χ0) is 14.1. The third kappa shape index (κ3) is 5.35. The minimum absolute atomic E-state index is 0.0355. The smallest absolute Gasteiger partial charge is 0.305 e. The number of Topliss-reactive ketones (excluding diaryl/α,β-unsaturated/α-hetero) is 1. The molecule has 4 heteroatoms. The van der Waals surface area contributed by atoms with Gasteiger partial charge in [-0.15, -0.1) is 0 Å². The number of benzene rings is 1. The fraction of sp³-hybridized carbons (Fsp3) is 0.400. The Hall–Kier alpha value is -2.15. The average Bonchev–Trinajstić information content (AvgIpc) is 2.44. The van der Waals surface area contributed by atoms with Crippen LogP contribution in [-0.4, -0.2) is 18.4 Å². The van der Waals surface area contributed by atoms with E-state index in [9.17, 15) is 9.59 Å². The van der Waals surface area contributed by atoms with Gasteiger partial charge in [0.25, 0.3) is 0 Å². The predicted octanol–water partition coefficient (Wildman–Crippen LogP) is 2.86. The van der Waals surface area contributed by atoms with Crippen molar-refractivity contribution in [2.75, 3.05) is 6.61 Å². The van der Waals surface area contributed by atoms with E-state index in [2.05, 4.69) is 0 Å². The van der Waals surface area contributed by atoms with Crippen LogP contribution in [0.5, 0.6) is 0 Å². The van der Waals surface area contributed by atoms with E-state index in [1.807, 2.05) is 6.07 Å². The zero-order valence-electron chi connectivity index (χ0n) is 11.0. The number of ether oxygens (including phenoxy) is 1. The monoisotopic (exact) mass is 259 g/mol. The molecule has 0 fully saturated rings. The summed E-state index contributed by atoms with van der Waals surface area (Å²) in [5.74, 6) is -0.179. The van der Waals surface area contributed by atoms with E-state index < -0.39 is 0 Å². The first-order chi connectivity index (χ1) is 9.17. The van der Waals surface area contributed by atoms with Crippen LogP contribution in [-0.2, 0) is 9.53 Å². The van der Waals surface area contributed by atoms with E-state index >= 15 is 0 Å². The maximum absolute atomic E-state index is 11.8. The van der Waals surface area contributed by atoms with Gasteiger partial charge in [0.1, 0.15) is 0 Å². The van der Waals surface area contributed by atoms with Crippen LogP contribution in [0.3, 0.4) is 0 Å². The number of nitrogens with zero attached hydrogens (tertiary/aromatic N) is 1. The van der Waals surface area contributed by atoms with Crippen molar-refractivity contribution in [3.63, 3.8) is 0 Å². The normalized spacial score (nSPS) is 9.68. The van der Waals surface area contributed by atoms with Crippen LogP contribution in [0.25, 0.3) is 0 Å². The van der Waals surface area contributed by atoms with Crippen molar-refractivity contribution in [2.45, 2.75) is 32.6 Å². The van der Waals surface area contributed by atoms with Gasteiger partial charge in [-0.2, -0.15) is 5.26 Å². The molecule has 0 amide bonds. The molecule has 0 bridgehead atoms. The maximum atomic E-state index is 11.8. The lowest BCUT2D eigenvalue weighted by Crippen LogP contribution is -2.04. The third-order valence-electron chi connectivity index (χ3n) is 2.68. The SMILES string of the molecule is CCOC(=O)CCCCC(=O)c1ccc(C#N)cc1. The van der Waals surface area contributed by atoms with Crippen LogP contribution in [0.1, 0.15) is 48.5 Å². The molecule has 0 aliphatic rings. The number of rotatable bonds is 7. The number of nitriles is 1. The summed E-state index contributed by atoms with van der Waals surface area (Å²) in [7, 11) is 0. The van der Waals surface area contributed by atoms with E-state index in [0.717, 1.165) is 0 Å². The first kappa shape index (κ1) is 14.9. The van der Waals surface area contributed by atoms with Gasteiger partial charge in [0.2, 0.25) is 0 Å². The fourth-order valence-corrected chi connectivity index (χ4v) is 1.66. The van der Waals surface area contributed by atoms with Crippen LogP contribution >= 0.6 is 0 Å². The first-order valence-corrected chi connectivity index (χ1v) is 6.36. The zero-order valence-corrected chi connectivity index (χ0v) is 11.0. The molecule has 0 aliphatic carbocycles. The molecule has 1 aromatic carbocycles. The lowest BCUT2D eigenvalue weighted by atomic mass is 10.0. The van der Waals surface area contributed by atoms with Crippen molar-refractivity contribution in [1.82, 2.24) is 0 Å². The molecule has 0 spiro atoms. The van der Waals surface area contributed by atoms with Gasteiger partial charge in [-0.05, 0) is 31.9 Å². The van der Waals surface area contributed by atoms with Crippen LogP contribution < -0.4 is 0 Å². The van der Waals surface area contributed by atoms with Gasteiger partial charge in [0.15, 0.2) is 5.78 Å². The fourth-order valence-electron chi connectivity index (χ4n) is 1.66. The average molecular weight is 259 g/mol. The van der Waals surface area contributed by atoms with Gasteiger partial charge in [0.05, 0.1) is 18.2 Å². The second-order valence-corrected chi connectivity index (χ2v) is 4.12. The summed E-state index contributed by atoms with van der Waals surface area (Å²) in [4.78, 5) is 22.9. The van der Waals surface area contributed by atoms with Gasteiger partial charge in [-0.3, -0.25) is 9.59 Å². The van der Waals surface area contributed by atoms with Crippen molar-refractivity contribution in [3.8, 4) is 6.07 Å². The van der Waals surface area contributed by atoms with Gasteiger partial charge >= 0.3 is 5.97 Å². The molecule has 0 unspecified atom stereocenters. The van der Waals surface area contributed by atoms with Crippen molar-refractivity contribution < 1.29 is 14.3 Å². The first-order valence-electron chi connectivity index (χ1n) is 6.36. The highest BCUT2D eigenvalue weighted by atomic mass is 16.5. The van der Waals surface area contributed by atoms with Crippen LogP contribution in [0.2, 0.25) is 0 Å². The molecule has 4 nitrogen and oxygen atoms in total. The van der Waals surface area contributed by atoms with Gasteiger partial charge < -0.3 is 4.74 Å². The third-order valence-corrected chi connectivity index (χ3v) is 2.68. The van der Waals surface area contributed by atoms with Gasteiger partial charge in [0, 0.05) is 18.4 Å². The number of hydrogen-bond donors (Lipinski definition) is 0. The summed E-state index contributed by atoms with van der Waals surface area (Å²) >= 11 is 0. The molecule has 100 valence electrons. The molecule has 0 aliphatic heterocycles. The highest BCUT2D eigenvalue weighted by Crippen LogP contribution is 2.10. The molecule has 0 saturated heterocycles. The van der Waals surface area contributed by atoms with E-state index in [1.54, 1.807) is 31.2 Å². The van der Waals surface area contributed by atoms with Crippen LogP contribution in [0, 0.1) is 11.3 Å². The second kappa shape index (κ2) is 8.04. The molecular weight excluding hydrogens is 242 g/mol. The molecule has 0 heterocycles. The van der Waals surface area contributed by atoms with E-state index in [-0.39, 0.29) is 11.8 Å². The van der Waals surface area contributed by atoms with E-state index in [4.69, 9.17) is 10.00 Å². The van der Waals surface area contributed by atoms with Crippen molar-refractivity contribution in [1.29, 1.82) is 5.26 Å². The summed E-state index contributed by atoms with van der Waals surface area (Å²) in [6.07, 6.45) is 2.08. The Morgan fingerprint density at radius 1 is 1.16 bits per heavy atom. The lowest BCUT2D eigenvalue weighted by molar-refractivity contribution is -0.143. The predicted molar refractivity (Wildman–Crippen MR) is 70.6 cm³/mol. The molecule has 0 saturated carbocycles. The molecule has 1 aromatic rings. The maximum Gasteiger partial charge on any atom is 0.305 e. The van der Waals surface area contributed by atoms with Crippen molar-refractivity contribution in [3.05, 3.63) is 35.4 Å². The number of esters is 1. The Bertz CT molecular complexity index is 471. The standard InChI is InChI=1S/C15H17NO3/c1-2-19-15(18)6-4-3-5-14(17)13-9-7-12(11-16)8-10-13/h7-10H,2-6H2,1H3. The highest BCUT2D eigenvalue weighted by Gasteiger charge is 2.07. The number of unbranched alkanes of at least 4 members (excludes halogenated alkanes) is 1. The molecule has 0 N–H and O–H groups in total. The summed E-state index contributed by atoms with van der Waals surface area (Å²) in [5.41, 5.74) is 1.15. The lowest BCUT2D eigenvalue weighted by Gasteiger charge is -2.02. The molecule has 0 aromatic heterocycles. The quantitative estimate of drug-likeness (QED) is 0.429.